The molecule has 1 N–H and O–H groups in total. The molecule has 2 aliphatic heterocycles. The second-order valence-electron chi connectivity index (χ2n) is 7.46. The second-order valence-corrected chi connectivity index (χ2v) is 10.4. The van der Waals surface area contributed by atoms with Crippen LogP contribution in [0.2, 0.25) is 0 Å². The zero-order valence-electron chi connectivity index (χ0n) is 19.6. The van der Waals surface area contributed by atoms with Gasteiger partial charge >= 0.3 is 0 Å². The van der Waals surface area contributed by atoms with E-state index in [1.165, 1.54) is 13.0 Å². The molecule has 4 rings (SSSR count). The fraction of sp³-hybridized carbons (Fsp3) is 0.250. The molecule has 2 aromatic rings. The number of nitrogens with zero attached hydrogens (tertiary/aromatic N) is 3. The van der Waals surface area contributed by atoms with Crippen molar-refractivity contribution in [1.29, 1.82) is 5.41 Å². The fourth-order valence-electron chi connectivity index (χ4n) is 3.33. The molecule has 2 aromatic carbocycles. The molecule has 12 heteroatoms. The van der Waals surface area contributed by atoms with Crippen molar-refractivity contribution in [2.24, 2.45) is 9.39 Å². The predicted molar refractivity (Wildman–Crippen MR) is 140 cm³/mol. The molecule has 0 unspecified atom stereocenters. The van der Waals surface area contributed by atoms with Crippen molar-refractivity contribution in [3.63, 3.8) is 0 Å². The second kappa shape index (κ2) is 11.0. The normalized spacial score (nSPS) is 16.5. The highest BCUT2D eigenvalue weighted by molar-refractivity contribution is 8.16. The first-order valence-electron chi connectivity index (χ1n) is 11.1. The van der Waals surface area contributed by atoms with Crippen LogP contribution in [0, 0.1) is 5.41 Å². The highest BCUT2D eigenvalue weighted by Gasteiger charge is 2.42. The Labute approximate surface area is 213 Å². The third kappa shape index (κ3) is 5.44. The van der Waals surface area contributed by atoms with Gasteiger partial charge in [0.1, 0.15) is 24.8 Å². The number of benzene rings is 2. The van der Waals surface area contributed by atoms with Crippen molar-refractivity contribution in [2.75, 3.05) is 25.6 Å². The van der Waals surface area contributed by atoms with Crippen molar-refractivity contribution in [1.82, 2.24) is 4.90 Å². The van der Waals surface area contributed by atoms with Gasteiger partial charge in [0.25, 0.3) is 5.91 Å². The number of carbonyl (C=O) groups is 1. The number of amides is 1. The first-order valence-corrected chi connectivity index (χ1v) is 13.6. The molecule has 2 heterocycles. The summed E-state index contributed by atoms with van der Waals surface area (Å²) in [4.78, 5) is 17.7. The average Bonchev–Trinajstić information content (AvgIpc) is 3.31. The van der Waals surface area contributed by atoms with E-state index in [9.17, 15) is 13.2 Å². The number of hydrogen-bond donors (Lipinski definition) is 1. The van der Waals surface area contributed by atoms with Gasteiger partial charge in [-0.1, -0.05) is 31.2 Å². The Morgan fingerprint density at radius 3 is 2.50 bits per heavy atom. The lowest BCUT2D eigenvalue weighted by atomic mass is 10.1. The van der Waals surface area contributed by atoms with Gasteiger partial charge in [-0.05, 0) is 42.8 Å². The van der Waals surface area contributed by atoms with Crippen molar-refractivity contribution in [3.05, 3.63) is 59.7 Å². The molecule has 0 fully saturated rings. The number of amidine groups is 3. The molecule has 2 aliphatic rings. The SMILES string of the molecule is CCOc1cc(/C=C2/C(=N)N3C(=NC2=O)SN=C3S(=O)(=O)CC)ccc1OCCOc1ccccc1. The molecule has 0 atom stereocenters. The standard InChI is InChI=1S/C24H24N4O6S2/c1-3-32-20-15-16(10-11-19(20)34-13-12-33-17-8-6-5-7-9-17)14-18-21(25)28-23(26-22(18)29)35-27-24(28)36(30,31)4-2/h5-11,14-15,25H,3-4,12-13H2,1-2H3/b18-14-,25-21?. The van der Waals surface area contributed by atoms with Crippen LogP contribution < -0.4 is 14.2 Å². The Kier molecular flexibility index (Phi) is 7.75. The van der Waals surface area contributed by atoms with E-state index in [2.05, 4.69) is 9.39 Å². The highest BCUT2D eigenvalue weighted by Crippen LogP contribution is 2.32. The van der Waals surface area contributed by atoms with Crippen LogP contribution in [0.1, 0.15) is 19.4 Å². The Morgan fingerprint density at radius 2 is 1.78 bits per heavy atom. The topological polar surface area (TPSA) is 131 Å². The summed E-state index contributed by atoms with van der Waals surface area (Å²) in [6.45, 7) is 4.34. The van der Waals surface area contributed by atoms with Crippen LogP contribution >= 0.6 is 11.9 Å². The van der Waals surface area contributed by atoms with Gasteiger partial charge in [0, 0.05) is 0 Å². The summed E-state index contributed by atoms with van der Waals surface area (Å²) in [5.74, 6) is 0.558. The molecule has 36 heavy (non-hydrogen) atoms. The first kappa shape index (κ1) is 25.5. The minimum atomic E-state index is -3.72. The smallest absolute Gasteiger partial charge is 0.283 e. The van der Waals surface area contributed by atoms with Crippen molar-refractivity contribution in [2.45, 2.75) is 13.8 Å². The third-order valence-corrected chi connectivity index (χ3v) is 7.49. The van der Waals surface area contributed by atoms with Crippen LogP contribution in [0.3, 0.4) is 0 Å². The third-order valence-electron chi connectivity index (χ3n) is 5.08. The Balaban J connectivity index is 1.52. The minimum absolute atomic E-state index is 0.0469. The number of sulfone groups is 1. The molecule has 1 amide bonds. The summed E-state index contributed by atoms with van der Waals surface area (Å²) < 4.78 is 45.9. The molecule has 0 radical (unpaired) electrons. The van der Waals surface area contributed by atoms with E-state index < -0.39 is 15.7 Å². The van der Waals surface area contributed by atoms with Crippen molar-refractivity contribution < 1.29 is 27.4 Å². The van der Waals surface area contributed by atoms with Crippen molar-refractivity contribution >= 4 is 49.9 Å². The number of ether oxygens (including phenoxy) is 3. The maximum Gasteiger partial charge on any atom is 0.283 e. The van der Waals surface area contributed by atoms with Crippen LogP contribution in [0.5, 0.6) is 17.2 Å². The van der Waals surface area contributed by atoms with Crippen molar-refractivity contribution in [3.8, 4) is 17.2 Å². The Morgan fingerprint density at radius 1 is 1.03 bits per heavy atom. The quantitative estimate of drug-likeness (QED) is 0.297. The molecule has 0 spiro atoms. The highest BCUT2D eigenvalue weighted by atomic mass is 32.2. The summed E-state index contributed by atoms with van der Waals surface area (Å²) >= 11 is 0.760. The monoisotopic (exact) mass is 528 g/mol. The van der Waals surface area contributed by atoms with Gasteiger partial charge in [0.15, 0.2) is 11.5 Å². The van der Waals surface area contributed by atoms with Gasteiger partial charge in [-0.2, -0.15) is 9.39 Å². The summed E-state index contributed by atoms with van der Waals surface area (Å²) in [5, 5.41) is 8.28. The van der Waals surface area contributed by atoms with Gasteiger partial charge in [0.05, 0.1) is 29.9 Å². The summed E-state index contributed by atoms with van der Waals surface area (Å²) in [7, 11) is -3.72. The average molecular weight is 529 g/mol. The number of carbonyl (C=O) groups excluding carboxylic acids is 1. The van der Waals surface area contributed by atoms with Crippen LogP contribution in [0.25, 0.3) is 6.08 Å². The molecule has 0 saturated carbocycles. The summed E-state index contributed by atoms with van der Waals surface area (Å²) in [6, 6.07) is 14.5. The minimum Gasteiger partial charge on any atom is -0.490 e. The van der Waals surface area contributed by atoms with E-state index in [4.69, 9.17) is 19.6 Å². The number of rotatable bonds is 9. The van der Waals surface area contributed by atoms with Gasteiger partial charge in [-0.3, -0.25) is 10.2 Å². The zero-order valence-corrected chi connectivity index (χ0v) is 21.3. The zero-order chi connectivity index (χ0) is 25.7. The van der Waals surface area contributed by atoms with Gasteiger partial charge in [-0.15, -0.1) is 0 Å². The molecule has 0 bridgehead atoms. The van der Waals surface area contributed by atoms with E-state index in [1.54, 1.807) is 18.2 Å². The largest absolute Gasteiger partial charge is 0.490 e. The van der Waals surface area contributed by atoms with E-state index in [0.717, 1.165) is 22.6 Å². The molecular weight excluding hydrogens is 504 g/mol. The number of hydrogen-bond acceptors (Lipinski definition) is 9. The van der Waals surface area contributed by atoms with E-state index in [0.29, 0.717) is 30.3 Å². The molecular formula is C24H24N4O6S2. The molecule has 188 valence electrons. The summed E-state index contributed by atoms with van der Waals surface area (Å²) in [5.41, 5.74) is 0.495. The number of nitrogens with one attached hydrogen (secondary N) is 1. The molecule has 0 aliphatic carbocycles. The molecule has 0 saturated heterocycles. The van der Waals surface area contributed by atoms with Crippen LogP contribution in [-0.4, -0.2) is 61.0 Å². The Bertz CT molecular complexity index is 1370. The number of fused-ring (bicyclic) bond motifs is 1. The summed E-state index contributed by atoms with van der Waals surface area (Å²) in [6.07, 6.45) is 1.47. The van der Waals surface area contributed by atoms with E-state index in [1.807, 2.05) is 37.3 Å². The van der Waals surface area contributed by atoms with Crippen LogP contribution in [-0.2, 0) is 14.6 Å². The van der Waals surface area contributed by atoms with Crippen LogP contribution in [0.15, 0.2) is 63.5 Å². The lowest BCUT2D eigenvalue weighted by Crippen LogP contribution is -2.45. The van der Waals surface area contributed by atoms with Crippen LogP contribution in [0.4, 0.5) is 0 Å². The van der Waals surface area contributed by atoms with Gasteiger partial charge in [0.2, 0.25) is 20.2 Å². The molecule has 0 aromatic heterocycles. The number of aliphatic imine (C=N–C) groups is 1. The lowest BCUT2D eigenvalue weighted by Gasteiger charge is -2.24. The van der Waals surface area contributed by atoms with E-state index >= 15 is 0 Å². The van der Waals surface area contributed by atoms with E-state index in [-0.39, 0.29) is 34.1 Å². The molecule has 10 nitrogen and oxygen atoms in total. The maximum atomic E-state index is 12.6. The number of para-hydroxylation sites is 1. The fourth-order valence-corrected chi connectivity index (χ4v) is 5.29. The van der Waals surface area contributed by atoms with Gasteiger partial charge in [-0.25, -0.2) is 13.3 Å². The first-order chi connectivity index (χ1) is 17.3. The lowest BCUT2D eigenvalue weighted by molar-refractivity contribution is -0.114. The maximum absolute atomic E-state index is 12.6. The van der Waals surface area contributed by atoms with Gasteiger partial charge < -0.3 is 14.2 Å². The predicted octanol–water partition coefficient (Wildman–Crippen LogP) is 3.55. The Hall–Kier alpha value is -3.64.